The average Bonchev–Trinajstić information content (AvgIpc) is 2.61. The van der Waals surface area contributed by atoms with Crippen molar-refractivity contribution in [1.29, 1.82) is 0 Å². The molecule has 1 heteroatoms. The number of hydrogen-bond acceptors (Lipinski definition) is 0. The Morgan fingerprint density at radius 2 is 0.875 bits per heavy atom. The molecule has 0 nitrogen and oxygen atoms in total. The van der Waals surface area contributed by atoms with Gasteiger partial charge in [-0.3, -0.25) is 0 Å². The Balaban J connectivity index is 0.00000208. The quantitative estimate of drug-likeness (QED) is 0.413. The fraction of sp³-hybridized carbons (Fsp3) is 0.0435. The Morgan fingerprint density at radius 3 is 1.29 bits per heavy atom. The van der Waals surface area contributed by atoms with Crippen LogP contribution in [0.4, 0.5) is 0 Å². The van der Waals surface area contributed by atoms with Gasteiger partial charge in [-0.15, -0.1) is 0 Å². The monoisotopic (exact) mass is 376 g/mol. The molecular formula is C23H15Rb. The van der Waals surface area contributed by atoms with Gasteiger partial charge in [0.15, 0.2) is 0 Å². The second kappa shape index (κ2) is 9.78. The Labute approximate surface area is 193 Å². The summed E-state index contributed by atoms with van der Waals surface area (Å²) >= 11 is 0. The largest absolute Gasteiger partial charge is 1.00 e. The number of hydrogen-bond donors (Lipinski definition) is 0. The minimum atomic E-state index is 0. The number of rotatable bonds is 0. The summed E-state index contributed by atoms with van der Waals surface area (Å²) in [5.74, 6) is 12.6. The molecule has 3 aromatic rings. The summed E-state index contributed by atoms with van der Waals surface area (Å²) in [6, 6.07) is 26.9. The van der Waals surface area contributed by atoms with E-state index in [0.717, 1.165) is 22.3 Å². The molecule has 0 fully saturated rings. The zero-order chi connectivity index (χ0) is 15.9. The van der Waals surface area contributed by atoms with Gasteiger partial charge >= 0.3 is 58.2 Å². The van der Waals surface area contributed by atoms with Crippen molar-refractivity contribution in [2.45, 2.75) is 6.92 Å². The minimum absolute atomic E-state index is 0. The number of benzene rings is 3. The second-order valence-electron chi connectivity index (χ2n) is 5.23. The van der Waals surface area contributed by atoms with Crippen molar-refractivity contribution in [2.75, 3.05) is 0 Å². The molecule has 3 rings (SSSR count). The van der Waals surface area contributed by atoms with E-state index in [4.69, 9.17) is 0 Å². The average molecular weight is 377 g/mol. The van der Waals surface area contributed by atoms with Crippen molar-refractivity contribution >= 4 is 0 Å². The van der Waals surface area contributed by atoms with Crippen LogP contribution in [0.25, 0.3) is 0 Å². The van der Waals surface area contributed by atoms with Crippen LogP contribution in [0.3, 0.4) is 0 Å². The van der Waals surface area contributed by atoms with Crippen molar-refractivity contribution < 1.29 is 58.2 Å². The van der Waals surface area contributed by atoms with Gasteiger partial charge in [0.1, 0.15) is 0 Å². The molecule has 0 unspecified atom stereocenters. The van der Waals surface area contributed by atoms with Crippen LogP contribution in [0.5, 0.6) is 0 Å². The molecule has 108 valence electrons. The van der Waals surface area contributed by atoms with Gasteiger partial charge in [-0.05, 0) is 43.3 Å². The van der Waals surface area contributed by atoms with Crippen LogP contribution in [-0.2, 0) is 0 Å². The molecule has 0 aromatic heterocycles. The molecule has 0 aliphatic carbocycles. The van der Waals surface area contributed by atoms with E-state index in [9.17, 15) is 0 Å². The van der Waals surface area contributed by atoms with Gasteiger partial charge in [-0.1, -0.05) is 46.9 Å². The SMILES string of the molecule is Cc1ccc(C#Cc2ccc(C#Cc3cc[c-]cc3)cc2)cc1.[Rb+]. The van der Waals surface area contributed by atoms with Crippen LogP contribution in [0.2, 0.25) is 0 Å². The van der Waals surface area contributed by atoms with Crippen LogP contribution in [0.15, 0.2) is 72.8 Å². The van der Waals surface area contributed by atoms with E-state index in [-0.39, 0.29) is 58.2 Å². The molecule has 0 radical (unpaired) electrons. The van der Waals surface area contributed by atoms with E-state index in [1.165, 1.54) is 5.56 Å². The molecule has 0 aliphatic heterocycles. The third-order valence-corrected chi connectivity index (χ3v) is 3.36. The van der Waals surface area contributed by atoms with Gasteiger partial charge in [0.05, 0.1) is 0 Å². The fourth-order valence-electron chi connectivity index (χ4n) is 2.03. The third-order valence-electron chi connectivity index (χ3n) is 3.36. The Morgan fingerprint density at radius 1 is 0.542 bits per heavy atom. The number of aryl methyl sites for hydroxylation is 1. The summed E-state index contributed by atoms with van der Waals surface area (Å²) in [6.07, 6.45) is 0. The summed E-state index contributed by atoms with van der Waals surface area (Å²) in [6.45, 7) is 2.07. The molecule has 0 saturated carbocycles. The molecule has 0 heterocycles. The third kappa shape index (κ3) is 5.90. The van der Waals surface area contributed by atoms with E-state index in [1.807, 2.05) is 60.7 Å². The molecule has 0 aliphatic rings. The smallest absolute Gasteiger partial charge is 0.184 e. The van der Waals surface area contributed by atoms with Gasteiger partial charge in [0.2, 0.25) is 0 Å². The van der Waals surface area contributed by atoms with Gasteiger partial charge in [-0.2, -0.15) is 30.3 Å². The molecule has 24 heavy (non-hydrogen) atoms. The first-order chi connectivity index (χ1) is 11.3. The van der Waals surface area contributed by atoms with E-state index in [1.54, 1.807) is 0 Å². The van der Waals surface area contributed by atoms with E-state index < -0.39 is 0 Å². The summed E-state index contributed by atoms with van der Waals surface area (Å²) in [5, 5.41) is 0. The van der Waals surface area contributed by atoms with Crippen molar-refractivity contribution in [3.8, 4) is 23.7 Å². The maximum absolute atomic E-state index is 3.18. The van der Waals surface area contributed by atoms with Gasteiger partial charge < -0.3 is 0 Å². The van der Waals surface area contributed by atoms with E-state index in [2.05, 4.69) is 48.8 Å². The van der Waals surface area contributed by atoms with Crippen LogP contribution in [0, 0.1) is 36.7 Å². The van der Waals surface area contributed by atoms with Crippen molar-refractivity contribution in [3.63, 3.8) is 0 Å². The molecule has 0 atom stereocenters. The molecular weight excluding hydrogens is 362 g/mol. The molecule has 0 bridgehead atoms. The standard InChI is InChI=1S/C23H15.Rb/c1-19-7-9-21(10-8-19)13-14-23-17-15-22(16-18-23)12-11-20-5-3-2-4-6-20;/h3-10,15-18H,1H3;/q-1;+1. The van der Waals surface area contributed by atoms with Crippen LogP contribution in [-0.4, -0.2) is 0 Å². The van der Waals surface area contributed by atoms with Crippen LogP contribution in [0.1, 0.15) is 27.8 Å². The van der Waals surface area contributed by atoms with Crippen molar-refractivity contribution in [2.24, 2.45) is 0 Å². The summed E-state index contributed by atoms with van der Waals surface area (Å²) in [4.78, 5) is 0. The molecule has 0 amide bonds. The molecule has 3 aromatic carbocycles. The normalized spacial score (nSPS) is 8.88. The van der Waals surface area contributed by atoms with Crippen LogP contribution >= 0.6 is 0 Å². The first-order valence-corrected chi connectivity index (χ1v) is 7.46. The molecule has 0 saturated heterocycles. The zero-order valence-corrected chi connectivity index (χ0v) is 18.8. The Kier molecular flexibility index (Phi) is 7.71. The first-order valence-electron chi connectivity index (χ1n) is 7.46. The summed E-state index contributed by atoms with van der Waals surface area (Å²) in [5.41, 5.74) is 5.24. The summed E-state index contributed by atoms with van der Waals surface area (Å²) < 4.78 is 0. The van der Waals surface area contributed by atoms with Gasteiger partial charge in [-0.25, -0.2) is 0 Å². The van der Waals surface area contributed by atoms with E-state index >= 15 is 0 Å². The Hall–Kier alpha value is -1.41. The van der Waals surface area contributed by atoms with E-state index in [0.29, 0.717) is 0 Å². The summed E-state index contributed by atoms with van der Waals surface area (Å²) in [7, 11) is 0. The van der Waals surface area contributed by atoms with Crippen LogP contribution < -0.4 is 58.2 Å². The first kappa shape index (κ1) is 18.9. The fourth-order valence-corrected chi connectivity index (χ4v) is 2.03. The van der Waals surface area contributed by atoms with Gasteiger partial charge in [0, 0.05) is 16.7 Å². The van der Waals surface area contributed by atoms with Crippen molar-refractivity contribution in [3.05, 3.63) is 107 Å². The second-order valence-corrected chi connectivity index (χ2v) is 5.23. The zero-order valence-electron chi connectivity index (χ0n) is 13.9. The minimum Gasteiger partial charge on any atom is -0.184 e. The predicted molar refractivity (Wildman–Crippen MR) is 94.9 cm³/mol. The molecule has 0 spiro atoms. The maximum Gasteiger partial charge on any atom is 1.00 e. The maximum atomic E-state index is 3.18. The predicted octanol–water partition coefficient (Wildman–Crippen LogP) is 1.60. The Bertz CT molecular complexity index is 898. The van der Waals surface area contributed by atoms with Gasteiger partial charge in [0.25, 0.3) is 0 Å². The molecule has 0 N–H and O–H groups in total. The topological polar surface area (TPSA) is 0 Å². The van der Waals surface area contributed by atoms with Crippen molar-refractivity contribution in [1.82, 2.24) is 0 Å².